The molecular weight excluding hydrogens is 338 g/mol. The van der Waals surface area contributed by atoms with Crippen molar-refractivity contribution in [3.8, 4) is 11.1 Å². The first-order valence-electron chi connectivity index (χ1n) is 10.1. The minimum atomic E-state index is 0.0766. The number of fused-ring (bicyclic) bond motifs is 1. The highest BCUT2D eigenvalue weighted by Crippen LogP contribution is 2.27. The number of pyridine rings is 1. The number of hydrogen-bond acceptors (Lipinski definition) is 4. The molecule has 1 unspecified atom stereocenters. The standard InChI is InChI=1S/C21H27N5O/c1-15-8-16(10-22-15)13-25-6-5-17-9-18(11-23-21(17)25)19-12-24-26(14-19)20-4-2-3-7-27-20/h5-6,9,11-12,14-16,20,22H,2-4,7-8,10,13H2,1H3/t15-,16-,20?/m0/s1. The largest absolute Gasteiger partial charge is 0.357 e. The molecule has 5 rings (SSSR count). The number of rotatable bonds is 4. The van der Waals surface area contributed by atoms with E-state index in [1.54, 1.807) is 0 Å². The topological polar surface area (TPSA) is 56.9 Å². The summed E-state index contributed by atoms with van der Waals surface area (Å²) in [6.07, 6.45) is 12.9. The van der Waals surface area contributed by atoms with Crippen LogP contribution in [0.2, 0.25) is 0 Å². The fraction of sp³-hybridized carbons (Fsp3) is 0.524. The van der Waals surface area contributed by atoms with E-state index in [1.165, 1.54) is 18.2 Å². The van der Waals surface area contributed by atoms with Gasteiger partial charge in [0.25, 0.3) is 0 Å². The van der Waals surface area contributed by atoms with Gasteiger partial charge in [0.1, 0.15) is 11.9 Å². The summed E-state index contributed by atoms with van der Waals surface area (Å²) in [5.74, 6) is 0.686. The first-order valence-corrected chi connectivity index (χ1v) is 10.1. The Morgan fingerprint density at radius 2 is 2.22 bits per heavy atom. The molecule has 3 aromatic rings. The molecule has 3 aromatic heterocycles. The van der Waals surface area contributed by atoms with Crippen LogP contribution in [0.3, 0.4) is 0 Å². The molecule has 0 aliphatic carbocycles. The number of hydrogen-bond donors (Lipinski definition) is 1. The molecule has 0 radical (unpaired) electrons. The lowest BCUT2D eigenvalue weighted by molar-refractivity contribution is -0.0394. The second kappa shape index (κ2) is 7.09. The molecule has 27 heavy (non-hydrogen) atoms. The van der Waals surface area contributed by atoms with Crippen molar-refractivity contribution in [1.29, 1.82) is 0 Å². The van der Waals surface area contributed by atoms with Gasteiger partial charge in [-0.05, 0) is 57.2 Å². The van der Waals surface area contributed by atoms with Gasteiger partial charge in [-0.3, -0.25) is 0 Å². The van der Waals surface area contributed by atoms with Crippen molar-refractivity contribution in [2.24, 2.45) is 5.92 Å². The molecule has 2 fully saturated rings. The fourth-order valence-corrected chi connectivity index (χ4v) is 4.41. The van der Waals surface area contributed by atoms with Gasteiger partial charge in [0.15, 0.2) is 0 Å². The van der Waals surface area contributed by atoms with Crippen LogP contribution in [0, 0.1) is 5.92 Å². The molecular formula is C21H27N5O. The summed E-state index contributed by atoms with van der Waals surface area (Å²) in [6, 6.07) is 5.02. The molecule has 6 heteroatoms. The van der Waals surface area contributed by atoms with Gasteiger partial charge >= 0.3 is 0 Å². The van der Waals surface area contributed by atoms with E-state index in [1.807, 2.05) is 17.1 Å². The Kier molecular flexibility index (Phi) is 4.45. The molecule has 0 saturated carbocycles. The highest BCUT2D eigenvalue weighted by atomic mass is 16.5. The first-order chi connectivity index (χ1) is 13.3. The lowest BCUT2D eigenvalue weighted by Gasteiger charge is -2.22. The zero-order chi connectivity index (χ0) is 18.2. The van der Waals surface area contributed by atoms with Crippen LogP contribution in [0.15, 0.2) is 36.9 Å². The van der Waals surface area contributed by atoms with Gasteiger partial charge in [-0.2, -0.15) is 5.10 Å². The Hall–Kier alpha value is -2.18. The molecule has 2 aliphatic heterocycles. The summed E-state index contributed by atoms with van der Waals surface area (Å²) < 4.78 is 10.1. The van der Waals surface area contributed by atoms with E-state index in [2.05, 4.69) is 46.4 Å². The van der Waals surface area contributed by atoms with Gasteiger partial charge in [-0.1, -0.05) is 0 Å². The molecule has 5 heterocycles. The van der Waals surface area contributed by atoms with E-state index in [4.69, 9.17) is 9.72 Å². The van der Waals surface area contributed by atoms with Crippen molar-refractivity contribution in [3.05, 3.63) is 36.9 Å². The van der Waals surface area contributed by atoms with Crippen molar-refractivity contribution in [3.63, 3.8) is 0 Å². The maximum atomic E-state index is 5.83. The van der Waals surface area contributed by atoms with Crippen LogP contribution in [0.25, 0.3) is 22.2 Å². The molecule has 6 nitrogen and oxygen atoms in total. The Balaban J connectivity index is 1.36. The summed E-state index contributed by atoms with van der Waals surface area (Å²) in [7, 11) is 0. The number of nitrogens with one attached hydrogen (secondary N) is 1. The zero-order valence-electron chi connectivity index (χ0n) is 15.8. The van der Waals surface area contributed by atoms with Gasteiger partial charge in [0.05, 0.1) is 6.20 Å². The average Bonchev–Trinajstić information content (AvgIpc) is 3.43. The van der Waals surface area contributed by atoms with Gasteiger partial charge in [0.2, 0.25) is 0 Å². The number of aromatic nitrogens is 4. The average molecular weight is 365 g/mol. The van der Waals surface area contributed by atoms with Gasteiger partial charge in [-0.25, -0.2) is 9.67 Å². The van der Waals surface area contributed by atoms with Crippen LogP contribution < -0.4 is 5.32 Å². The molecule has 0 spiro atoms. The summed E-state index contributed by atoms with van der Waals surface area (Å²) >= 11 is 0. The van der Waals surface area contributed by atoms with Crippen LogP contribution in [0.5, 0.6) is 0 Å². The van der Waals surface area contributed by atoms with E-state index in [9.17, 15) is 0 Å². The summed E-state index contributed by atoms with van der Waals surface area (Å²) in [4.78, 5) is 4.77. The fourth-order valence-electron chi connectivity index (χ4n) is 4.41. The van der Waals surface area contributed by atoms with Crippen LogP contribution >= 0.6 is 0 Å². The molecule has 0 amide bonds. The quantitative estimate of drug-likeness (QED) is 0.768. The highest BCUT2D eigenvalue weighted by molar-refractivity contribution is 5.81. The summed E-state index contributed by atoms with van der Waals surface area (Å²) in [5.41, 5.74) is 3.28. The van der Waals surface area contributed by atoms with Crippen molar-refractivity contribution >= 4 is 11.0 Å². The minimum absolute atomic E-state index is 0.0766. The monoisotopic (exact) mass is 365 g/mol. The second-order valence-corrected chi connectivity index (χ2v) is 8.05. The molecule has 142 valence electrons. The Morgan fingerprint density at radius 1 is 1.26 bits per heavy atom. The van der Waals surface area contributed by atoms with Crippen LogP contribution in [-0.4, -0.2) is 38.5 Å². The molecule has 0 bridgehead atoms. The third-order valence-electron chi connectivity index (χ3n) is 5.88. The second-order valence-electron chi connectivity index (χ2n) is 8.05. The number of nitrogens with zero attached hydrogens (tertiary/aromatic N) is 4. The Bertz CT molecular complexity index is 924. The Labute approximate surface area is 159 Å². The van der Waals surface area contributed by atoms with Crippen molar-refractivity contribution in [1.82, 2.24) is 24.6 Å². The highest BCUT2D eigenvalue weighted by Gasteiger charge is 2.21. The third-order valence-corrected chi connectivity index (χ3v) is 5.88. The van der Waals surface area contributed by atoms with E-state index in [-0.39, 0.29) is 6.23 Å². The smallest absolute Gasteiger partial charge is 0.150 e. The molecule has 2 aliphatic rings. The van der Waals surface area contributed by atoms with Crippen molar-refractivity contribution in [2.75, 3.05) is 13.2 Å². The summed E-state index contributed by atoms with van der Waals surface area (Å²) in [5, 5.41) is 9.25. The van der Waals surface area contributed by atoms with Gasteiger partial charge in [-0.15, -0.1) is 0 Å². The lowest BCUT2D eigenvalue weighted by atomic mass is 10.1. The summed E-state index contributed by atoms with van der Waals surface area (Å²) in [6.45, 7) is 5.22. The van der Waals surface area contributed by atoms with E-state index < -0.39 is 0 Å². The van der Waals surface area contributed by atoms with Crippen molar-refractivity contribution < 1.29 is 4.74 Å². The molecule has 3 atom stereocenters. The number of ether oxygens (including phenoxy) is 1. The predicted molar refractivity (Wildman–Crippen MR) is 105 cm³/mol. The normalized spacial score (nSPS) is 26.0. The molecule has 0 aromatic carbocycles. The van der Waals surface area contributed by atoms with Gasteiger partial charge < -0.3 is 14.6 Å². The minimum Gasteiger partial charge on any atom is -0.357 e. The predicted octanol–water partition coefficient (Wildman–Crippen LogP) is 3.60. The molecule has 1 N–H and O–H groups in total. The SMILES string of the molecule is C[C@H]1C[C@H](Cn2ccc3cc(-c4cnn(C5CCCCO5)c4)cnc32)CN1. The Morgan fingerprint density at radius 3 is 3.04 bits per heavy atom. The van der Waals surface area contributed by atoms with Crippen LogP contribution in [0.1, 0.15) is 38.8 Å². The van der Waals surface area contributed by atoms with E-state index in [0.717, 1.165) is 49.3 Å². The maximum Gasteiger partial charge on any atom is 0.150 e. The first kappa shape index (κ1) is 17.0. The van der Waals surface area contributed by atoms with Crippen molar-refractivity contribution in [2.45, 2.75) is 51.4 Å². The van der Waals surface area contributed by atoms with E-state index >= 15 is 0 Å². The van der Waals surface area contributed by atoms with Crippen LogP contribution in [-0.2, 0) is 11.3 Å². The zero-order valence-corrected chi connectivity index (χ0v) is 15.8. The maximum absolute atomic E-state index is 5.83. The van der Waals surface area contributed by atoms with Crippen LogP contribution in [0.4, 0.5) is 0 Å². The van der Waals surface area contributed by atoms with E-state index in [0.29, 0.717) is 12.0 Å². The lowest BCUT2D eigenvalue weighted by Crippen LogP contribution is -2.18. The van der Waals surface area contributed by atoms with Gasteiger partial charge in [0, 0.05) is 54.3 Å². The molecule has 2 saturated heterocycles. The third kappa shape index (κ3) is 3.39.